The molecular formula is C30H41N5OSSi. The fraction of sp³-hybridized carbons (Fsp3) is 0.433. The Morgan fingerprint density at radius 1 is 1.03 bits per heavy atom. The lowest BCUT2D eigenvalue weighted by molar-refractivity contribution is 0.148. The number of thiophene rings is 1. The van der Waals surface area contributed by atoms with Crippen LogP contribution in [0.15, 0.2) is 65.0 Å². The van der Waals surface area contributed by atoms with E-state index in [1.807, 2.05) is 6.34 Å². The first-order valence-electron chi connectivity index (χ1n) is 13.5. The molecule has 1 N–H and O–H groups in total. The molecule has 2 aromatic carbocycles. The average Bonchev–Trinajstić information content (AvgIpc) is 3.35. The molecule has 0 radical (unpaired) electrons. The molecule has 2 aliphatic heterocycles. The minimum atomic E-state index is -1.93. The molecule has 0 bridgehead atoms. The number of piperazine rings is 1. The van der Waals surface area contributed by atoms with Gasteiger partial charge < -0.3 is 19.5 Å². The summed E-state index contributed by atoms with van der Waals surface area (Å²) in [6, 6.07) is 19.4. The van der Waals surface area contributed by atoms with Gasteiger partial charge in [-0.15, -0.1) is 11.3 Å². The molecule has 202 valence electrons. The van der Waals surface area contributed by atoms with Gasteiger partial charge in [0.2, 0.25) is 8.32 Å². The number of nitrogens with one attached hydrogen (secondary N) is 1. The van der Waals surface area contributed by atoms with Crippen molar-refractivity contribution in [3.8, 4) is 5.75 Å². The summed E-state index contributed by atoms with van der Waals surface area (Å²) in [5.41, 5.74) is 4.55. The summed E-state index contributed by atoms with van der Waals surface area (Å²) in [7, 11) is 0.276. The lowest BCUT2D eigenvalue weighted by atomic mass is 10.1. The van der Waals surface area contributed by atoms with Gasteiger partial charge in [0.25, 0.3) is 0 Å². The quantitative estimate of drug-likeness (QED) is 0.318. The predicted molar refractivity (Wildman–Crippen MR) is 165 cm³/mol. The Morgan fingerprint density at radius 3 is 2.55 bits per heavy atom. The molecule has 6 nitrogen and oxygen atoms in total. The zero-order chi connectivity index (χ0) is 26.9. The summed E-state index contributed by atoms with van der Waals surface area (Å²) in [6.07, 6.45) is 1.92. The SMILES string of the molecule is CN1CCN(Cc2cccc(N3C=Nc4ccsc4C3Nc3cccc(O[Si](C)(C)C(C)(C)C)c3)c2)CC1. The van der Waals surface area contributed by atoms with Crippen LogP contribution in [0.3, 0.4) is 0 Å². The fourth-order valence-corrected chi connectivity index (χ4v) is 6.54. The molecule has 0 spiro atoms. The maximum absolute atomic E-state index is 6.61. The van der Waals surface area contributed by atoms with E-state index >= 15 is 0 Å². The standard InChI is InChI=1S/C30H41N5OSSi/c1-30(2,3)38(5,6)36-26-12-8-10-24(20-26)32-29-28-27(13-18-37-28)31-22-35(29)25-11-7-9-23(19-25)21-34-16-14-33(4)15-17-34/h7-13,18-20,22,29,32H,14-17,21H2,1-6H3. The number of aliphatic imine (C=N–C) groups is 1. The lowest BCUT2D eigenvalue weighted by Crippen LogP contribution is -2.43. The van der Waals surface area contributed by atoms with Crippen LogP contribution in [0, 0.1) is 0 Å². The molecule has 1 unspecified atom stereocenters. The van der Waals surface area contributed by atoms with Gasteiger partial charge in [-0.05, 0) is 66.5 Å². The van der Waals surface area contributed by atoms with Crippen molar-refractivity contribution in [2.75, 3.05) is 43.4 Å². The van der Waals surface area contributed by atoms with Gasteiger partial charge in [-0.3, -0.25) is 4.90 Å². The monoisotopic (exact) mass is 547 g/mol. The average molecular weight is 548 g/mol. The molecule has 0 saturated carbocycles. The Labute approximate surface area is 233 Å². The number of benzene rings is 2. The van der Waals surface area contributed by atoms with Crippen LogP contribution in [0.25, 0.3) is 0 Å². The summed E-state index contributed by atoms with van der Waals surface area (Å²) in [5, 5.41) is 6.08. The minimum absolute atomic E-state index is 0.0514. The molecule has 1 atom stereocenters. The number of hydrogen-bond acceptors (Lipinski definition) is 7. The molecular weight excluding hydrogens is 507 g/mol. The van der Waals surface area contributed by atoms with E-state index < -0.39 is 8.32 Å². The molecule has 3 aromatic rings. The Kier molecular flexibility index (Phi) is 7.69. The van der Waals surface area contributed by atoms with Crippen LogP contribution >= 0.6 is 11.3 Å². The summed E-state index contributed by atoms with van der Waals surface area (Å²) >= 11 is 1.75. The normalized spacial score (nSPS) is 18.9. The molecule has 3 heterocycles. The highest BCUT2D eigenvalue weighted by Crippen LogP contribution is 2.41. The summed E-state index contributed by atoms with van der Waals surface area (Å²) in [5.74, 6) is 0.929. The molecule has 5 rings (SSSR count). The van der Waals surface area contributed by atoms with E-state index in [9.17, 15) is 0 Å². The number of anilines is 2. The maximum Gasteiger partial charge on any atom is 0.250 e. The first kappa shape index (κ1) is 26.9. The van der Waals surface area contributed by atoms with Gasteiger partial charge in [0.1, 0.15) is 11.9 Å². The smallest absolute Gasteiger partial charge is 0.250 e. The van der Waals surface area contributed by atoms with Gasteiger partial charge in [-0.1, -0.05) is 39.0 Å². The molecule has 2 aliphatic rings. The van der Waals surface area contributed by atoms with Crippen molar-refractivity contribution in [1.82, 2.24) is 9.80 Å². The van der Waals surface area contributed by atoms with Crippen molar-refractivity contribution >= 4 is 43.1 Å². The van der Waals surface area contributed by atoms with Crippen LogP contribution in [-0.2, 0) is 6.54 Å². The Hall–Kier alpha value is -2.65. The summed E-state index contributed by atoms with van der Waals surface area (Å²) in [4.78, 5) is 13.2. The number of fused-ring (bicyclic) bond motifs is 1. The summed E-state index contributed by atoms with van der Waals surface area (Å²) < 4.78 is 6.61. The van der Waals surface area contributed by atoms with E-state index in [-0.39, 0.29) is 11.2 Å². The van der Waals surface area contributed by atoms with Gasteiger partial charge in [-0.25, -0.2) is 4.99 Å². The van der Waals surface area contributed by atoms with Crippen molar-refractivity contribution in [2.24, 2.45) is 4.99 Å². The van der Waals surface area contributed by atoms with Crippen molar-refractivity contribution in [1.29, 1.82) is 0 Å². The van der Waals surface area contributed by atoms with Crippen LogP contribution in [0.2, 0.25) is 18.1 Å². The third-order valence-electron chi connectivity index (χ3n) is 8.05. The van der Waals surface area contributed by atoms with Gasteiger partial charge >= 0.3 is 0 Å². The zero-order valence-corrected chi connectivity index (χ0v) is 25.4. The molecule has 8 heteroatoms. The van der Waals surface area contributed by atoms with E-state index in [0.717, 1.165) is 55.5 Å². The molecule has 0 amide bonds. The third kappa shape index (κ3) is 5.99. The van der Waals surface area contributed by atoms with E-state index in [1.54, 1.807) is 11.3 Å². The number of rotatable bonds is 7. The molecule has 38 heavy (non-hydrogen) atoms. The van der Waals surface area contributed by atoms with Crippen LogP contribution < -0.4 is 14.6 Å². The van der Waals surface area contributed by atoms with Gasteiger partial charge in [-0.2, -0.15) is 0 Å². The molecule has 0 aliphatic carbocycles. The second-order valence-corrected chi connectivity index (χ2v) is 17.7. The van der Waals surface area contributed by atoms with Crippen molar-refractivity contribution in [2.45, 2.75) is 51.6 Å². The lowest BCUT2D eigenvalue weighted by Gasteiger charge is -2.37. The largest absolute Gasteiger partial charge is 0.543 e. The molecule has 1 fully saturated rings. The van der Waals surface area contributed by atoms with Gasteiger partial charge in [0.05, 0.1) is 16.9 Å². The fourth-order valence-electron chi connectivity index (χ4n) is 4.63. The molecule has 1 saturated heterocycles. The van der Waals surface area contributed by atoms with E-state index in [1.165, 1.54) is 10.4 Å². The van der Waals surface area contributed by atoms with Crippen LogP contribution in [0.4, 0.5) is 17.1 Å². The van der Waals surface area contributed by atoms with E-state index in [2.05, 4.69) is 121 Å². The van der Waals surface area contributed by atoms with E-state index in [4.69, 9.17) is 9.42 Å². The van der Waals surface area contributed by atoms with E-state index in [0.29, 0.717) is 0 Å². The number of nitrogens with zero attached hydrogens (tertiary/aromatic N) is 4. The second kappa shape index (κ2) is 10.8. The van der Waals surface area contributed by atoms with Crippen LogP contribution in [0.5, 0.6) is 5.75 Å². The number of likely N-dealkylation sites (N-methyl/N-ethyl adjacent to an activating group) is 1. The Balaban J connectivity index is 1.38. The minimum Gasteiger partial charge on any atom is -0.543 e. The van der Waals surface area contributed by atoms with Crippen molar-refractivity contribution in [3.63, 3.8) is 0 Å². The van der Waals surface area contributed by atoms with Gasteiger partial charge in [0, 0.05) is 50.2 Å². The van der Waals surface area contributed by atoms with Gasteiger partial charge in [0.15, 0.2) is 0 Å². The maximum atomic E-state index is 6.61. The summed E-state index contributed by atoms with van der Waals surface area (Å²) in [6.45, 7) is 16.9. The van der Waals surface area contributed by atoms with Crippen LogP contribution in [0.1, 0.15) is 37.4 Å². The predicted octanol–water partition coefficient (Wildman–Crippen LogP) is 7.17. The zero-order valence-electron chi connectivity index (χ0n) is 23.6. The topological polar surface area (TPSA) is 43.3 Å². The molecule has 1 aromatic heterocycles. The highest BCUT2D eigenvalue weighted by molar-refractivity contribution is 7.10. The number of hydrogen-bond donors (Lipinski definition) is 1. The highest BCUT2D eigenvalue weighted by atomic mass is 32.1. The Bertz CT molecular complexity index is 1280. The Morgan fingerprint density at radius 2 is 1.79 bits per heavy atom. The first-order valence-corrected chi connectivity index (χ1v) is 17.3. The van der Waals surface area contributed by atoms with Crippen LogP contribution in [-0.4, -0.2) is 57.7 Å². The van der Waals surface area contributed by atoms with Crippen molar-refractivity contribution < 1.29 is 4.43 Å². The second-order valence-electron chi connectivity index (χ2n) is 12.0. The first-order chi connectivity index (χ1) is 18.1. The van der Waals surface area contributed by atoms with Crippen molar-refractivity contribution in [3.05, 3.63) is 70.4 Å². The highest BCUT2D eigenvalue weighted by Gasteiger charge is 2.39. The third-order valence-corrected chi connectivity index (χ3v) is 13.4.